The van der Waals surface area contributed by atoms with Crippen LogP contribution in [0, 0.1) is 17.5 Å². The van der Waals surface area contributed by atoms with Crippen LogP contribution in [-0.2, 0) is 6.42 Å². The zero-order chi connectivity index (χ0) is 15.4. The molecule has 0 bridgehead atoms. The van der Waals surface area contributed by atoms with Crippen LogP contribution in [0.3, 0.4) is 0 Å². The third kappa shape index (κ3) is 4.08. The highest BCUT2D eigenvalue weighted by Gasteiger charge is 2.15. The quantitative estimate of drug-likeness (QED) is 0.813. The molecule has 0 fully saturated rings. The predicted molar refractivity (Wildman–Crippen MR) is 80.6 cm³/mol. The molecule has 2 aromatic rings. The number of rotatable bonds is 5. The van der Waals surface area contributed by atoms with E-state index >= 15 is 0 Å². The van der Waals surface area contributed by atoms with Gasteiger partial charge in [-0.05, 0) is 48.4 Å². The van der Waals surface area contributed by atoms with Crippen LogP contribution < -0.4 is 5.32 Å². The van der Waals surface area contributed by atoms with Crippen LogP contribution in [0.5, 0.6) is 0 Å². The molecular weight excluding hydrogens is 343 g/mol. The van der Waals surface area contributed by atoms with Crippen molar-refractivity contribution in [3.63, 3.8) is 0 Å². The van der Waals surface area contributed by atoms with Crippen LogP contribution >= 0.6 is 15.9 Å². The van der Waals surface area contributed by atoms with Crippen molar-refractivity contribution in [2.24, 2.45) is 0 Å². The third-order valence-corrected chi connectivity index (χ3v) is 3.73. The van der Waals surface area contributed by atoms with Gasteiger partial charge in [0.15, 0.2) is 11.6 Å². The Kier molecular flexibility index (Phi) is 5.42. The molecule has 0 aliphatic carbocycles. The molecule has 0 aliphatic rings. The second-order valence-electron chi connectivity index (χ2n) is 4.72. The molecule has 0 amide bonds. The fourth-order valence-electron chi connectivity index (χ4n) is 2.19. The van der Waals surface area contributed by atoms with E-state index in [1.807, 2.05) is 6.92 Å². The number of nitrogens with one attached hydrogen (secondary N) is 1. The number of hydrogen-bond donors (Lipinski definition) is 1. The Balaban J connectivity index is 2.28. The molecule has 1 atom stereocenters. The molecule has 0 aliphatic heterocycles. The van der Waals surface area contributed by atoms with E-state index in [1.165, 1.54) is 12.1 Å². The number of hydrogen-bond acceptors (Lipinski definition) is 1. The van der Waals surface area contributed by atoms with Crippen molar-refractivity contribution < 1.29 is 13.2 Å². The van der Waals surface area contributed by atoms with Crippen molar-refractivity contribution in [2.45, 2.75) is 19.4 Å². The van der Waals surface area contributed by atoms with Crippen molar-refractivity contribution >= 4 is 15.9 Å². The van der Waals surface area contributed by atoms with Crippen LogP contribution in [0.2, 0.25) is 0 Å². The first-order valence-electron chi connectivity index (χ1n) is 6.63. The maximum atomic E-state index is 13.9. The molecule has 0 heterocycles. The molecule has 1 unspecified atom stereocenters. The van der Waals surface area contributed by atoms with E-state index < -0.39 is 11.6 Å². The van der Waals surface area contributed by atoms with Crippen molar-refractivity contribution in [1.82, 2.24) is 5.32 Å². The molecule has 0 saturated carbocycles. The second-order valence-corrected chi connectivity index (χ2v) is 5.64. The summed E-state index contributed by atoms with van der Waals surface area (Å²) in [4.78, 5) is 0. The molecule has 0 spiro atoms. The lowest BCUT2D eigenvalue weighted by atomic mass is 9.98. The molecular formula is C16H15BrF3N. The Morgan fingerprint density at radius 2 is 1.76 bits per heavy atom. The first kappa shape index (κ1) is 16.0. The largest absolute Gasteiger partial charge is 0.310 e. The van der Waals surface area contributed by atoms with Crippen LogP contribution in [0.1, 0.15) is 24.1 Å². The molecule has 2 aromatic carbocycles. The Bertz CT molecular complexity index is 631. The first-order valence-corrected chi connectivity index (χ1v) is 7.42. The lowest BCUT2D eigenvalue weighted by Crippen LogP contribution is -2.23. The van der Waals surface area contributed by atoms with Gasteiger partial charge in [0.2, 0.25) is 0 Å². The molecule has 0 radical (unpaired) electrons. The summed E-state index contributed by atoms with van der Waals surface area (Å²) in [5.74, 6) is -2.11. The fraction of sp³-hybridized carbons (Fsp3) is 0.250. The number of likely N-dealkylation sites (N-methyl/N-ethyl adjacent to an activating group) is 1. The second kappa shape index (κ2) is 7.09. The summed E-state index contributed by atoms with van der Waals surface area (Å²) in [5, 5.41) is 3.17. The van der Waals surface area contributed by atoms with Crippen LogP contribution in [0.25, 0.3) is 0 Å². The number of benzene rings is 2. The average Bonchev–Trinajstić information content (AvgIpc) is 2.44. The van der Waals surface area contributed by atoms with Gasteiger partial charge in [0.25, 0.3) is 0 Å². The maximum Gasteiger partial charge on any atom is 0.159 e. The molecule has 112 valence electrons. The summed E-state index contributed by atoms with van der Waals surface area (Å²) >= 11 is 3.21. The summed E-state index contributed by atoms with van der Waals surface area (Å²) in [6, 6.07) is 8.31. The molecule has 1 N–H and O–H groups in total. The van der Waals surface area contributed by atoms with E-state index in [1.54, 1.807) is 12.1 Å². The van der Waals surface area contributed by atoms with Crippen molar-refractivity contribution in [2.75, 3.05) is 6.54 Å². The van der Waals surface area contributed by atoms with E-state index in [2.05, 4.69) is 21.2 Å². The molecule has 1 nitrogen and oxygen atoms in total. The SMILES string of the molecule is CCNC(Cc1ccc(Br)cc1F)c1ccc(F)c(F)c1. The highest BCUT2D eigenvalue weighted by molar-refractivity contribution is 9.10. The van der Waals surface area contributed by atoms with Crippen molar-refractivity contribution in [3.05, 3.63) is 69.4 Å². The lowest BCUT2D eigenvalue weighted by Gasteiger charge is -2.19. The molecule has 0 saturated heterocycles. The van der Waals surface area contributed by atoms with Gasteiger partial charge in [-0.2, -0.15) is 0 Å². The van der Waals surface area contributed by atoms with E-state index in [0.29, 0.717) is 28.6 Å². The summed E-state index contributed by atoms with van der Waals surface area (Å²) in [6.07, 6.45) is 0.359. The van der Waals surface area contributed by atoms with Crippen LogP contribution in [0.15, 0.2) is 40.9 Å². The normalized spacial score (nSPS) is 12.4. The van der Waals surface area contributed by atoms with Gasteiger partial charge < -0.3 is 5.32 Å². The van der Waals surface area contributed by atoms with Crippen molar-refractivity contribution in [3.8, 4) is 0 Å². The minimum Gasteiger partial charge on any atom is -0.310 e. The summed E-state index contributed by atoms with van der Waals surface area (Å²) in [6.45, 7) is 2.55. The van der Waals surface area contributed by atoms with E-state index in [9.17, 15) is 13.2 Å². The van der Waals surface area contributed by atoms with Gasteiger partial charge >= 0.3 is 0 Å². The zero-order valence-electron chi connectivity index (χ0n) is 11.5. The monoisotopic (exact) mass is 357 g/mol. The Morgan fingerprint density at radius 1 is 1.00 bits per heavy atom. The summed E-state index contributed by atoms with van der Waals surface area (Å²) < 4.78 is 41.0. The van der Waals surface area contributed by atoms with Crippen molar-refractivity contribution in [1.29, 1.82) is 0 Å². The molecule has 0 aromatic heterocycles. The van der Waals surface area contributed by atoms with Gasteiger partial charge in [-0.15, -0.1) is 0 Å². The van der Waals surface area contributed by atoms with Crippen LogP contribution in [-0.4, -0.2) is 6.54 Å². The lowest BCUT2D eigenvalue weighted by molar-refractivity contribution is 0.494. The molecule has 21 heavy (non-hydrogen) atoms. The molecule has 2 rings (SSSR count). The Labute approximate surface area is 130 Å². The van der Waals surface area contributed by atoms with Gasteiger partial charge in [-0.3, -0.25) is 0 Å². The topological polar surface area (TPSA) is 12.0 Å². The fourth-order valence-corrected chi connectivity index (χ4v) is 2.52. The summed E-state index contributed by atoms with van der Waals surface area (Å²) in [7, 11) is 0. The Morgan fingerprint density at radius 3 is 2.38 bits per heavy atom. The average molecular weight is 358 g/mol. The van der Waals surface area contributed by atoms with E-state index in [0.717, 1.165) is 12.1 Å². The minimum atomic E-state index is -0.897. The maximum absolute atomic E-state index is 13.9. The van der Waals surface area contributed by atoms with Crippen LogP contribution in [0.4, 0.5) is 13.2 Å². The van der Waals surface area contributed by atoms with Gasteiger partial charge in [0, 0.05) is 10.5 Å². The Hall–Kier alpha value is -1.33. The van der Waals surface area contributed by atoms with Gasteiger partial charge in [0.05, 0.1) is 0 Å². The summed E-state index contributed by atoms with van der Waals surface area (Å²) in [5.41, 5.74) is 1.12. The molecule has 5 heteroatoms. The highest BCUT2D eigenvalue weighted by atomic mass is 79.9. The smallest absolute Gasteiger partial charge is 0.159 e. The zero-order valence-corrected chi connectivity index (χ0v) is 13.1. The van der Waals surface area contributed by atoms with E-state index in [-0.39, 0.29) is 11.9 Å². The minimum absolute atomic E-state index is 0.277. The standard InChI is InChI=1S/C16H15BrF3N/c1-2-21-16(11-4-6-13(18)15(20)7-11)8-10-3-5-12(17)9-14(10)19/h3-7,9,16,21H,2,8H2,1H3. The third-order valence-electron chi connectivity index (χ3n) is 3.24. The predicted octanol–water partition coefficient (Wildman–Crippen LogP) is 4.76. The first-order chi connectivity index (χ1) is 10.0. The van der Waals surface area contributed by atoms with Gasteiger partial charge in [-0.25, -0.2) is 13.2 Å². The number of halogens is 4. The van der Waals surface area contributed by atoms with E-state index in [4.69, 9.17) is 0 Å². The highest BCUT2D eigenvalue weighted by Crippen LogP contribution is 2.23. The van der Waals surface area contributed by atoms with Gasteiger partial charge in [0.1, 0.15) is 5.82 Å². The van der Waals surface area contributed by atoms with Gasteiger partial charge in [-0.1, -0.05) is 35.0 Å².